The summed E-state index contributed by atoms with van der Waals surface area (Å²) in [5, 5.41) is 0. The molecule has 0 aliphatic carbocycles. The molecule has 1 aliphatic heterocycles. The van der Waals surface area contributed by atoms with Gasteiger partial charge < -0.3 is 14.7 Å². The number of anilines is 1. The molecule has 3 nitrogen and oxygen atoms in total. The van der Waals surface area contributed by atoms with Crippen LogP contribution < -0.4 is 4.90 Å². The van der Waals surface area contributed by atoms with Crippen LogP contribution in [0.3, 0.4) is 0 Å². The molecule has 1 saturated heterocycles. The Labute approximate surface area is 160 Å². The second kappa shape index (κ2) is 7.93. The Bertz CT molecular complexity index is 733. The van der Waals surface area contributed by atoms with Crippen molar-refractivity contribution in [2.24, 2.45) is 0 Å². The fraction of sp³-hybridized carbons (Fsp3) is 0.300. The maximum Gasteiger partial charge on any atom is 0.109 e. The first-order valence-electron chi connectivity index (χ1n) is 8.47. The molecule has 0 spiro atoms. The number of hydrogen-bond acceptors (Lipinski definition) is 3. The van der Waals surface area contributed by atoms with Crippen LogP contribution in [0.5, 0.6) is 0 Å². The molecule has 0 bridgehead atoms. The Morgan fingerprint density at radius 2 is 1.16 bits per heavy atom. The zero-order valence-corrected chi connectivity index (χ0v) is 16.3. The molecule has 2 aromatic carbocycles. The fourth-order valence-corrected chi connectivity index (χ4v) is 3.60. The van der Waals surface area contributed by atoms with E-state index in [1.165, 1.54) is 5.69 Å². The zero-order chi connectivity index (χ0) is 17.8. The summed E-state index contributed by atoms with van der Waals surface area (Å²) in [5.74, 6) is 0. The summed E-state index contributed by atoms with van der Waals surface area (Å²) in [7, 11) is 4.09. The number of nitrogens with zero attached hydrogens (tertiary/aromatic N) is 3. The van der Waals surface area contributed by atoms with Gasteiger partial charge in [-0.2, -0.15) is 0 Å². The molecule has 3 rings (SSSR count). The summed E-state index contributed by atoms with van der Waals surface area (Å²) >= 11 is 11.4. The first-order chi connectivity index (χ1) is 12.1. The molecule has 1 aliphatic rings. The van der Waals surface area contributed by atoms with Crippen LogP contribution in [0.1, 0.15) is 11.1 Å². The third-order valence-electron chi connectivity index (χ3n) is 4.51. The van der Waals surface area contributed by atoms with Gasteiger partial charge in [0.2, 0.25) is 0 Å². The molecule has 0 aromatic heterocycles. The van der Waals surface area contributed by atoms with E-state index in [1.54, 1.807) is 0 Å². The highest BCUT2D eigenvalue weighted by atomic mass is 32.1. The van der Waals surface area contributed by atoms with Crippen molar-refractivity contribution in [3.05, 3.63) is 65.7 Å². The normalized spacial score (nSPS) is 14.3. The average Bonchev–Trinajstić information content (AvgIpc) is 2.67. The van der Waals surface area contributed by atoms with E-state index in [4.69, 9.17) is 24.4 Å². The van der Waals surface area contributed by atoms with Gasteiger partial charge in [0.1, 0.15) is 9.98 Å². The van der Waals surface area contributed by atoms with Gasteiger partial charge in [-0.1, -0.05) is 54.8 Å². The van der Waals surface area contributed by atoms with Crippen molar-refractivity contribution >= 4 is 40.1 Å². The molecule has 25 heavy (non-hydrogen) atoms. The maximum absolute atomic E-state index is 5.71. The second-order valence-electron chi connectivity index (χ2n) is 6.39. The summed E-state index contributed by atoms with van der Waals surface area (Å²) in [6.07, 6.45) is 0. The Balaban J connectivity index is 1.60. The van der Waals surface area contributed by atoms with Crippen LogP contribution in [-0.2, 0) is 0 Å². The molecule has 0 amide bonds. The van der Waals surface area contributed by atoms with E-state index >= 15 is 0 Å². The van der Waals surface area contributed by atoms with Gasteiger partial charge in [0.05, 0.1) is 0 Å². The van der Waals surface area contributed by atoms with Gasteiger partial charge in [0, 0.05) is 57.1 Å². The first-order valence-corrected chi connectivity index (χ1v) is 9.29. The SMILES string of the molecule is CN(C)c1ccc(C(=S)N2CCN(C(=S)c3ccccc3)CC2)cc1. The van der Waals surface area contributed by atoms with Crippen LogP contribution in [-0.4, -0.2) is 60.1 Å². The molecule has 130 valence electrons. The van der Waals surface area contributed by atoms with Crippen LogP contribution in [0.15, 0.2) is 54.6 Å². The summed E-state index contributed by atoms with van der Waals surface area (Å²) < 4.78 is 0. The molecule has 1 fully saturated rings. The van der Waals surface area contributed by atoms with Crippen LogP contribution >= 0.6 is 24.4 Å². The van der Waals surface area contributed by atoms with Crippen molar-refractivity contribution in [3.63, 3.8) is 0 Å². The minimum Gasteiger partial charge on any atom is -0.378 e. The third-order valence-corrected chi connectivity index (χ3v) is 5.49. The average molecular weight is 370 g/mol. The van der Waals surface area contributed by atoms with E-state index in [-0.39, 0.29) is 0 Å². The fourth-order valence-electron chi connectivity index (χ4n) is 2.96. The highest BCUT2D eigenvalue weighted by Gasteiger charge is 2.21. The second-order valence-corrected chi connectivity index (χ2v) is 7.17. The van der Waals surface area contributed by atoms with Crippen LogP contribution in [0.4, 0.5) is 5.69 Å². The van der Waals surface area contributed by atoms with Crippen molar-refractivity contribution in [2.45, 2.75) is 0 Å². The van der Waals surface area contributed by atoms with Crippen LogP contribution in [0.25, 0.3) is 0 Å². The lowest BCUT2D eigenvalue weighted by atomic mass is 10.1. The summed E-state index contributed by atoms with van der Waals surface area (Å²) in [6.45, 7) is 3.62. The van der Waals surface area contributed by atoms with Crippen molar-refractivity contribution in [1.29, 1.82) is 0 Å². The minimum atomic E-state index is 0.904. The summed E-state index contributed by atoms with van der Waals surface area (Å²) in [6, 6.07) is 18.7. The largest absolute Gasteiger partial charge is 0.378 e. The van der Waals surface area contributed by atoms with E-state index in [9.17, 15) is 0 Å². The van der Waals surface area contributed by atoms with Crippen LogP contribution in [0.2, 0.25) is 0 Å². The lowest BCUT2D eigenvalue weighted by Crippen LogP contribution is -2.50. The molecule has 5 heteroatoms. The Morgan fingerprint density at radius 1 is 0.720 bits per heavy atom. The van der Waals surface area contributed by atoms with Crippen molar-refractivity contribution < 1.29 is 0 Å². The number of piperazine rings is 1. The van der Waals surface area contributed by atoms with Gasteiger partial charge >= 0.3 is 0 Å². The molecule has 0 saturated carbocycles. The molecule has 0 unspecified atom stereocenters. The van der Waals surface area contributed by atoms with Gasteiger partial charge in [-0.15, -0.1) is 0 Å². The zero-order valence-electron chi connectivity index (χ0n) is 14.7. The highest BCUT2D eigenvalue weighted by Crippen LogP contribution is 2.16. The molecule has 1 heterocycles. The van der Waals surface area contributed by atoms with E-state index in [0.717, 1.165) is 47.3 Å². The summed E-state index contributed by atoms with van der Waals surface area (Å²) in [5.41, 5.74) is 3.41. The van der Waals surface area contributed by atoms with E-state index in [0.29, 0.717) is 0 Å². The maximum atomic E-state index is 5.71. The molecular formula is C20H23N3S2. The van der Waals surface area contributed by atoms with Gasteiger partial charge in [-0.05, 0) is 24.3 Å². The Kier molecular flexibility index (Phi) is 5.66. The number of rotatable bonds is 3. The predicted octanol–water partition coefficient (Wildman–Crippen LogP) is 3.42. The van der Waals surface area contributed by atoms with Gasteiger partial charge in [-0.25, -0.2) is 0 Å². The monoisotopic (exact) mass is 369 g/mol. The number of benzene rings is 2. The first kappa shape index (κ1) is 17.8. The molecule has 0 atom stereocenters. The van der Waals surface area contributed by atoms with Gasteiger partial charge in [0.25, 0.3) is 0 Å². The van der Waals surface area contributed by atoms with E-state index in [1.807, 2.05) is 32.3 Å². The molecule has 0 radical (unpaired) electrons. The Hall–Kier alpha value is -1.98. The topological polar surface area (TPSA) is 9.72 Å². The van der Waals surface area contributed by atoms with Crippen molar-refractivity contribution in [1.82, 2.24) is 9.80 Å². The highest BCUT2D eigenvalue weighted by molar-refractivity contribution is 7.81. The number of hydrogen-bond donors (Lipinski definition) is 0. The Morgan fingerprint density at radius 3 is 1.60 bits per heavy atom. The molecule has 2 aromatic rings. The summed E-state index contributed by atoms with van der Waals surface area (Å²) in [4.78, 5) is 8.51. The smallest absolute Gasteiger partial charge is 0.109 e. The van der Waals surface area contributed by atoms with Gasteiger partial charge in [-0.3, -0.25) is 0 Å². The van der Waals surface area contributed by atoms with Crippen molar-refractivity contribution in [2.75, 3.05) is 45.2 Å². The number of thiocarbonyl (C=S) groups is 2. The third kappa shape index (κ3) is 4.17. The molecule has 0 N–H and O–H groups in total. The quantitative estimate of drug-likeness (QED) is 0.765. The van der Waals surface area contributed by atoms with Crippen LogP contribution in [0, 0.1) is 0 Å². The van der Waals surface area contributed by atoms with E-state index < -0.39 is 0 Å². The lowest BCUT2D eigenvalue weighted by Gasteiger charge is -2.37. The van der Waals surface area contributed by atoms with E-state index in [2.05, 4.69) is 51.1 Å². The van der Waals surface area contributed by atoms with Crippen molar-refractivity contribution in [3.8, 4) is 0 Å². The predicted molar refractivity (Wildman–Crippen MR) is 114 cm³/mol. The van der Waals surface area contributed by atoms with Gasteiger partial charge in [0.15, 0.2) is 0 Å². The standard InChI is InChI=1S/C20H23N3S2/c1-21(2)18-10-8-17(9-11-18)20(25)23-14-12-22(13-15-23)19(24)16-6-4-3-5-7-16/h3-11H,12-15H2,1-2H3. The molecular weight excluding hydrogens is 346 g/mol. The minimum absolute atomic E-state index is 0.904. The lowest BCUT2D eigenvalue weighted by molar-refractivity contribution is 0.265.